The molecule has 2 aromatic heterocycles. The van der Waals surface area contributed by atoms with Crippen molar-refractivity contribution in [1.82, 2.24) is 20.0 Å². The van der Waals surface area contributed by atoms with Gasteiger partial charge in [-0.1, -0.05) is 12.1 Å². The number of methoxy groups -OCH3 is 1. The highest BCUT2D eigenvalue weighted by atomic mass is 16.5. The van der Waals surface area contributed by atoms with Crippen LogP contribution >= 0.6 is 0 Å². The number of amides is 1. The number of aromatic nitrogens is 4. The third-order valence-corrected chi connectivity index (χ3v) is 4.47. The first-order chi connectivity index (χ1) is 15.1. The summed E-state index contributed by atoms with van der Waals surface area (Å²) in [5.41, 5.74) is 2.49. The molecule has 0 unspecified atom stereocenters. The predicted molar refractivity (Wildman–Crippen MR) is 116 cm³/mol. The van der Waals surface area contributed by atoms with Crippen molar-refractivity contribution < 1.29 is 14.3 Å². The van der Waals surface area contributed by atoms with Gasteiger partial charge in [0, 0.05) is 18.0 Å². The van der Waals surface area contributed by atoms with Crippen LogP contribution in [-0.4, -0.2) is 33.0 Å². The van der Waals surface area contributed by atoms with Crippen molar-refractivity contribution in [3.63, 3.8) is 0 Å². The van der Waals surface area contributed by atoms with Crippen LogP contribution in [0, 0.1) is 6.92 Å². The molecule has 0 bridgehead atoms. The van der Waals surface area contributed by atoms with Crippen molar-refractivity contribution in [1.29, 1.82) is 0 Å². The Kier molecular flexibility index (Phi) is 5.89. The van der Waals surface area contributed by atoms with E-state index in [-0.39, 0.29) is 12.3 Å². The van der Waals surface area contributed by atoms with Gasteiger partial charge in [0.25, 0.3) is 0 Å². The molecule has 0 saturated carbocycles. The first-order valence-corrected chi connectivity index (χ1v) is 9.66. The standard InChI is InChI=1S/C23H21N5O3/c1-16-13-14-28(27-16)21-11-12-23(26-25-21)31-20-9-5-18(6-10-20)24-22(29)15-17-3-7-19(30-2)8-4-17/h3-14H,15H2,1-2H3,(H,24,29). The minimum absolute atomic E-state index is 0.103. The zero-order valence-electron chi connectivity index (χ0n) is 17.1. The summed E-state index contributed by atoms with van der Waals surface area (Å²) < 4.78 is 12.5. The quantitative estimate of drug-likeness (QED) is 0.491. The van der Waals surface area contributed by atoms with Crippen LogP contribution < -0.4 is 14.8 Å². The minimum atomic E-state index is -0.103. The lowest BCUT2D eigenvalue weighted by molar-refractivity contribution is -0.115. The summed E-state index contributed by atoms with van der Waals surface area (Å²) >= 11 is 0. The topological polar surface area (TPSA) is 91.2 Å². The second-order valence-corrected chi connectivity index (χ2v) is 6.83. The van der Waals surface area contributed by atoms with E-state index >= 15 is 0 Å². The van der Waals surface area contributed by atoms with Crippen molar-refractivity contribution in [2.24, 2.45) is 0 Å². The van der Waals surface area contributed by atoms with E-state index in [1.807, 2.05) is 43.5 Å². The Morgan fingerprint density at radius 2 is 1.68 bits per heavy atom. The fourth-order valence-electron chi connectivity index (χ4n) is 2.89. The largest absolute Gasteiger partial charge is 0.497 e. The van der Waals surface area contributed by atoms with E-state index in [1.165, 1.54) is 0 Å². The van der Waals surface area contributed by atoms with Crippen LogP contribution in [0.2, 0.25) is 0 Å². The molecule has 8 nitrogen and oxygen atoms in total. The molecule has 0 saturated heterocycles. The molecule has 0 aliphatic rings. The maximum Gasteiger partial charge on any atom is 0.238 e. The maximum absolute atomic E-state index is 12.3. The second-order valence-electron chi connectivity index (χ2n) is 6.83. The van der Waals surface area contributed by atoms with E-state index in [1.54, 1.807) is 48.2 Å². The predicted octanol–water partition coefficient (Wildman–Crippen LogP) is 3.95. The van der Waals surface area contributed by atoms with Gasteiger partial charge >= 0.3 is 0 Å². The van der Waals surface area contributed by atoms with Gasteiger partial charge in [0.1, 0.15) is 11.5 Å². The highest BCUT2D eigenvalue weighted by molar-refractivity contribution is 5.92. The molecular weight excluding hydrogens is 394 g/mol. The molecule has 31 heavy (non-hydrogen) atoms. The second kappa shape index (κ2) is 9.08. The van der Waals surface area contributed by atoms with E-state index in [0.29, 0.717) is 23.1 Å². The van der Waals surface area contributed by atoms with Gasteiger partial charge in [-0.3, -0.25) is 4.79 Å². The molecule has 8 heteroatoms. The van der Waals surface area contributed by atoms with Crippen LogP contribution in [0.4, 0.5) is 5.69 Å². The van der Waals surface area contributed by atoms with Crippen molar-refractivity contribution in [2.45, 2.75) is 13.3 Å². The fourth-order valence-corrected chi connectivity index (χ4v) is 2.89. The lowest BCUT2D eigenvalue weighted by Crippen LogP contribution is -2.14. The molecule has 0 atom stereocenters. The summed E-state index contributed by atoms with van der Waals surface area (Å²) in [5.74, 6) is 2.22. The van der Waals surface area contributed by atoms with Crippen molar-refractivity contribution in [3.05, 3.63) is 84.2 Å². The van der Waals surface area contributed by atoms with Gasteiger partial charge in [-0.05, 0) is 61.0 Å². The van der Waals surface area contributed by atoms with Crippen LogP contribution in [0.3, 0.4) is 0 Å². The van der Waals surface area contributed by atoms with Crippen LogP contribution in [0.25, 0.3) is 5.82 Å². The molecule has 0 aliphatic heterocycles. The Balaban J connectivity index is 1.32. The lowest BCUT2D eigenvalue weighted by Gasteiger charge is -2.08. The number of hydrogen-bond acceptors (Lipinski definition) is 6. The minimum Gasteiger partial charge on any atom is -0.497 e. The Hall–Kier alpha value is -4.20. The molecule has 0 aliphatic carbocycles. The number of aryl methyl sites for hydroxylation is 1. The fraction of sp³-hybridized carbons (Fsp3) is 0.130. The number of carbonyl (C=O) groups is 1. The smallest absolute Gasteiger partial charge is 0.238 e. The number of carbonyl (C=O) groups excluding carboxylic acids is 1. The first-order valence-electron chi connectivity index (χ1n) is 9.66. The van der Waals surface area contributed by atoms with E-state index < -0.39 is 0 Å². The highest BCUT2D eigenvalue weighted by Gasteiger charge is 2.07. The third kappa shape index (κ3) is 5.24. The summed E-state index contributed by atoms with van der Waals surface area (Å²) in [6, 6.07) is 19.9. The summed E-state index contributed by atoms with van der Waals surface area (Å²) in [6.45, 7) is 1.91. The number of anilines is 1. The SMILES string of the molecule is COc1ccc(CC(=O)Nc2ccc(Oc3ccc(-n4ccc(C)n4)nn3)cc2)cc1. The van der Waals surface area contributed by atoms with E-state index in [2.05, 4.69) is 20.6 Å². The number of hydrogen-bond donors (Lipinski definition) is 1. The Morgan fingerprint density at radius 3 is 2.29 bits per heavy atom. The third-order valence-electron chi connectivity index (χ3n) is 4.47. The molecule has 156 valence electrons. The van der Waals surface area contributed by atoms with E-state index in [0.717, 1.165) is 17.0 Å². The van der Waals surface area contributed by atoms with Crippen LogP contribution in [0.15, 0.2) is 72.9 Å². The molecule has 2 heterocycles. The molecule has 0 radical (unpaired) electrons. The zero-order chi connectivity index (χ0) is 21.6. The molecule has 0 spiro atoms. The first kappa shape index (κ1) is 20.1. The summed E-state index contributed by atoms with van der Waals surface area (Å²) in [4.78, 5) is 12.3. The molecular formula is C23H21N5O3. The van der Waals surface area contributed by atoms with Crippen LogP contribution in [-0.2, 0) is 11.2 Å². The molecule has 1 N–H and O–H groups in total. The molecule has 0 fully saturated rings. The van der Waals surface area contributed by atoms with Crippen molar-refractivity contribution in [2.75, 3.05) is 12.4 Å². The van der Waals surface area contributed by atoms with Gasteiger partial charge in [0.15, 0.2) is 5.82 Å². The van der Waals surface area contributed by atoms with Gasteiger partial charge in [-0.2, -0.15) is 5.10 Å². The summed E-state index contributed by atoms with van der Waals surface area (Å²) in [6.07, 6.45) is 2.10. The number of ether oxygens (including phenoxy) is 2. The van der Waals surface area contributed by atoms with Gasteiger partial charge in [-0.25, -0.2) is 4.68 Å². The normalized spacial score (nSPS) is 10.5. The van der Waals surface area contributed by atoms with Crippen LogP contribution in [0.5, 0.6) is 17.4 Å². The molecule has 4 aromatic rings. The Bertz CT molecular complexity index is 1150. The number of nitrogens with zero attached hydrogens (tertiary/aromatic N) is 4. The maximum atomic E-state index is 12.3. The molecule has 1 amide bonds. The van der Waals surface area contributed by atoms with Crippen LogP contribution in [0.1, 0.15) is 11.3 Å². The Labute approximate surface area is 179 Å². The monoisotopic (exact) mass is 415 g/mol. The average Bonchev–Trinajstić information content (AvgIpc) is 3.22. The van der Waals surface area contributed by atoms with Gasteiger partial charge in [0.05, 0.1) is 19.2 Å². The highest BCUT2D eigenvalue weighted by Crippen LogP contribution is 2.22. The summed E-state index contributed by atoms with van der Waals surface area (Å²) in [5, 5.41) is 15.4. The number of benzene rings is 2. The Morgan fingerprint density at radius 1 is 0.935 bits per heavy atom. The number of nitrogens with one attached hydrogen (secondary N) is 1. The zero-order valence-corrected chi connectivity index (χ0v) is 17.1. The van der Waals surface area contributed by atoms with Crippen molar-refractivity contribution >= 4 is 11.6 Å². The van der Waals surface area contributed by atoms with E-state index in [4.69, 9.17) is 9.47 Å². The molecule has 2 aromatic carbocycles. The molecule has 4 rings (SSSR count). The summed E-state index contributed by atoms with van der Waals surface area (Å²) in [7, 11) is 1.61. The van der Waals surface area contributed by atoms with Crippen molar-refractivity contribution in [3.8, 4) is 23.2 Å². The van der Waals surface area contributed by atoms with Gasteiger partial charge in [-0.15, -0.1) is 10.2 Å². The average molecular weight is 415 g/mol. The van der Waals surface area contributed by atoms with Gasteiger partial charge < -0.3 is 14.8 Å². The van der Waals surface area contributed by atoms with Gasteiger partial charge in [0.2, 0.25) is 11.8 Å². The number of rotatable bonds is 7. The lowest BCUT2D eigenvalue weighted by atomic mass is 10.1. The van der Waals surface area contributed by atoms with E-state index in [9.17, 15) is 4.79 Å².